The van der Waals surface area contributed by atoms with Gasteiger partial charge in [0.25, 0.3) is 0 Å². The molecule has 0 spiro atoms. The molecule has 10 aromatic rings. The standard InChI is InChI=1S/5C12H11NS.C2H3N.2BF4.Cu/c5*13-14(11-7-3-1-4-8-11)12-9-5-2-6-10-12;1-2-3;2*2-1(3,4)5;/h5*1-10,13H;1H3;;;/q;;;;;;2*-1;+2. The quantitative estimate of drug-likeness (QED) is 0.0675. The molecule has 6 nitrogen and oxygen atoms in total. The Morgan fingerprint density at radius 3 is 0.357 bits per heavy atom. The SMILES string of the molecule is CC#N.F[B-](F)(F)F.F[B-](F)(F)F.N=S(c1ccccc1)c1ccccc1.N=S(c1ccccc1)c1ccccc1.N=S(c1ccccc1)c1ccccc1.N=S(c1ccccc1)c1ccccc1.N=S(c1ccccc1)c1ccccc1.[Cu+2]. The van der Waals surface area contributed by atoms with Crippen LogP contribution in [-0.2, 0) is 70.5 Å². The number of rotatable bonds is 10. The molecule has 0 atom stereocenters. The van der Waals surface area contributed by atoms with Crippen LogP contribution < -0.4 is 0 Å². The molecule has 22 heteroatoms. The van der Waals surface area contributed by atoms with Crippen LogP contribution >= 0.6 is 0 Å². The number of benzene rings is 10. The van der Waals surface area contributed by atoms with Crippen LogP contribution in [0.4, 0.5) is 34.5 Å². The van der Waals surface area contributed by atoms with E-state index in [1.807, 2.05) is 303 Å². The van der Waals surface area contributed by atoms with Crippen LogP contribution in [0.5, 0.6) is 0 Å². The average Bonchev–Trinajstić information content (AvgIpc) is 3.56. The number of nitrogens with zero attached hydrogens (tertiary/aromatic N) is 1. The van der Waals surface area contributed by atoms with E-state index < -0.39 is 68.0 Å². The fraction of sp³-hybridized carbons (Fsp3) is 0.0161. The summed E-state index contributed by atoms with van der Waals surface area (Å²) in [4.78, 5) is 10.7. The molecular formula is C62H58B2CuF8N6S5. The molecule has 0 aliphatic heterocycles. The van der Waals surface area contributed by atoms with Gasteiger partial charge in [0.1, 0.15) is 0 Å². The summed E-state index contributed by atoms with van der Waals surface area (Å²) >= 11 is 0. The molecular weight excluding hydrogens is 1230 g/mol. The normalized spacial score (nSPS) is 10.2. The van der Waals surface area contributed by atoms with Crippen molar-refractivity contribution < 1.29 is 51.6 Å². The maximum absolute atomic E-state index is 9.75. The molecule has 0 aliphatic carbocycles. The molecule has 10 aromatic carbocycles. The van der Waals surface area contributed by atoms with E-state index in [0.29, 0.717) is 0 Å². The zero-order valence-electron chi connectivity index (χ0n) is 44.8. The molecule has 84 heavy (non-hydrogen) atoms. The summed E-state index contributed by atoms with van der Waals surface area (Å²) in [5.41, 5.74) is 0. The van der Waals surface area contributed by atoms with Crippen LogP contribution in [0.15, 0.2) is 352 Å². The third kappa shape index (κ3) is 31.8. The number of hydrogen-bond acceptors (Lipinski definition) is 6. The largest absolute Gasteiger partial charge is 2.00 e. The summed E-state index contributed by atoms with van der Waals surface area (Å²) in [6, 6.07) is 101. The van der Waals surface area contributed by atoms with E-state index in [-0.39, 0.29) is 17.1 Å². The van der Waals surface area contributed by atoms with Crippen LogP contribution in [0, 0.1) is 35.2 Å². The maximum Gasteiger partial charge on any atom is 2.00 e. The molecule has 0 unspecified atom stereocenters. The van der Waals surface area contributed by atoms with E-state index in [2.05, 4.69) is 0 Å². The third-order valence-electron chi connectivity index (χ3n) is 9.79. The van der Waals surface area contributed by atoms with E-state index in [0.717, 1.165) is 49.0 Å². The molecule has 10 rings (SSSR count). The van der Waals surface area contributed by atoms with Gasteiger partial charge in [0.15, 0.2) is 0 Å². The van der Waals surface area contributed by atoms with Gasteiger partial charge in [-0.05, 0) is 175 Å². The van der Waals surface area contributed by atoms with Crippen molar-refractivity contribution in [1.29, 1.82) is 29.2 Å². The summed E-state index contributed by atoms with van der Waals surface area (Å²) in [6.07, 6.45) is 0. The van der Waals surface area contributed by atoms with Gasteiger partial charge in [0.2, 0.25) is 0 Å². The van der Waals surface area contributed by atoms with Gasteiger partial charge in [0.05, 0.1) is 6.07 Å². The first-order valence-corrected chi connectivity index (χ1v) is 30.8. The van der Waals surface area contributed by atoms with Crippen molar-refractivity contribution in [2.45, 2.75) is 55.9 Å². The van der Waals surface area contributed by atoms with Gasteiger partial charge in [-0.25, -0.2) is 0 Å². The van der Waals surface area contributed by atoms with Crippen molar-refractivity contribution in [2.75, 3.05) is 0 Å². The molecule has 439 valence electrons. The number of hydrogen-bond donors (Lipinski definition) is 5. The van der Waals surface area contributed by atoms with Gasteiger partial charge in [-0.15, -0.1) is 0 Å². The molecule has 0 amide bonds. The van der Waals surface area contributed by atoms with Crippen LogP contribution in [0.3, 0.4) is 0 Å². The zero-order valence-corrected chi connectivity index (χ0v) is 49.9. The van der Waals surface area contributed by atoms with Crippen LogP contribution in [-0.4, -0.2) is 14.5 Å². The Labute approximate surface area is 510 Å². The second kappa shape index (κ2) is 41.5. The first kappa shape index (κ1) is 72.6. The second-order valence-electron chi connectivity index (χ2n) is 15.9. The van der Waals surface area contributed by atoms with Crippen molar-refractivity contribution in [3.63, 3.8) is 0 Å². The smallest absolute Gasteiger partial charge is 0.418 e. The first-order chi connectivity index (χ1) is 39.8. The Bertz CT molecular complexity index is 2750. The summed E-state index contributed by atoms with van der Waals surface area (Å²) in [6.45, 7) is 1.43. The van der Waals surface area contributed by atoms with E-state index in [9.17, 15) is 34.5 Å². The van der Waals surface area contributed by atoms with E-state index in [4.69, 9.17) is 29.2 Å². The Hall–Kier alpha value is -7.47. The number of nitriles is 1. The minimum Gasteiger partial charge on any atom is -0.418 e. The molecule has 5 N–H and O–H groups in total. The summed E-state index contributed by atoms with van der Waals surface area (Å²) in [7, 11) is -14.7. The summed E-state index contributed by atoms with van der Waals surface area (Å²) < 4.78 is 118. The van der Waals surface area contributed by atoms with Gasteiger partial charge in [0, 0.05) is 55.9 Å². The van der Waals surface area contributed by atoms with Crippen LogP contribution in [0.2, 0.25) is 0 Å². The van der Waals surface area contributed by atoms with E-state index in [1.165, 1.54) is 6.92 Å². The van der Waals surface area contributed by atoms with Crippen molar-refractivity contribution in [2.24, 2.45) is 0 Å². The predicted molar refractivity (Wildman–Crippen MR) is 329 cm³/mol. The Balaban J connectivity index is 0.000000339. The van der Waals surface area contributed by atoms with Crippen molar-refractivity contribution >= 4 is 68.0 Å². The Kier molecular flexibility index (Phi) is 35.9. The monoisotopic (exact) mass is 1280 g/mol. The van der Waals surface area contributed by atoms with Crippen molar-refractivity contribution in [3.05, 3.63) is 303 Å². The minimum atomic E-state index is -6.00. The molecule has 0 saturated carbocycles. The Morgan fingerprint density at radius 1 is 0.238 bits per heavy atom. The van der Waals surface area contributed by atoms with Gasteiger partial charge in [-0.1, -0.05) is 182 Å². The van der Waals surface area contributed by atoms with Gasteiger partial charge in [-0.3, -0.25) is 23.9 Å². The molecule has 0 fully saturated rings. The van der Waals surface area contributed by atoms with E-state index >= 15 is 0 Å². The number of nitrogens with one attached hydrogen (secondary N) is 5. The minimum absolute atomic E-state index is 0. The second-order valence-corrected chi connectivity index (χ2v) is 23.7. The maximum atomic E-state index is 9.75. The van der Waals surface area contributed by atoms with Crippen molar-refractivity contribution in [3.8, 4) is 6.07 Å². The molecule has 0 bridgehead atoms. The molecule has 0 heterocycles. The molecule has 0 saturated heterocycles. The molecule has 0 aliphatic rings. The third-order valence-corrected chi connectivity index (χ3v) is 17.2. The van der Waals surface area contributed by atoms with Gasteiger partial charge in [-0.2, -0.15) is 5.26 Å². The summed E-state index contributed by atoms with van der Waals surface area (Å²) in [5.74, 6) is 0. The fourth-order valence-electron chi connectivity index (χ4n) is 6.25. The topological polar surface area (TPSA) is 143 Å². The van der Waals surface area contributed by atoms with Crippen LogP contribution in [0.25, 0.3) is 0 Å². The average molecular weight is 1280 g/mol. The van der Waals surface area contributed by atoms with Crippen molar-refractivity contribution in [1.82, 2.24) is 0 Å². The van der Waals surface area contributed by atoms with E-state index in [1.54, 1.807) is 6.07 Å². The fourth-order valence-corrected chi connectivity index (χ4v) is 11.9. The summed E-state index contributed by atoms with van der Waals surface area (Å²) in [5, 5.41) is 7.32. The first-order valence-electron chi connectivity index (χ1n) is 24.6. The zero-order chi connectivity index (χ0) is 60.7. The van der Waals surface area contributed by atoms with Gasteiger partial charge < -0.3 is 34.5 Å². The molecule has 1 radical (unpaired) electrons. The predicted octanol–water partition coefficient (Wildman–Crippen LogP) is 20.6. The Morgan fingerprint density at radius 2 is 0.298 bits per heavy atom. The molecule has 0 aromatic heterocycles. The van der Waals surface area contributed by atoms with Crippen LogP contribution in [0.1, 0.15) is 6.92 Å². The number of halogens is 8. The van der Waals surface area contributed by atoms with Gasteiger partial charge >= 0.3 is 31.6 Å².